The van der Waals surface area contributed by atoms with Crippen LogP contribution in [0.1, 0.15) is 68.7 Å². The molecule has 3 N–H and O–H groups in total. The fourth-order valence-electron chi connectivity index (χ4n) is 2.92. The zero-order valence-electron chi connectivity index (χ0n) is 16.2. The molecule has 0 heterocycles. The van der Waals surface area contributed by atoms with E-state index >= 15 is 0 Å². The number of carbonyl (C=O) groups is 1. The van der Waals surface area contributed by atoms with Gasteiger partial charge in [-0.15, -0.1) is 0 Å². The van der Waals surface area contributed by atoms with Crippen molar-refractivity contribution in [2.45, 2.75) is 58.7 Å². The summed E-state index contributed by atoms with van der Waals surface area (Å²) in [6, 6.07) is 13.5. The van der Waals surface area contributed by atoms with Crippen LogP contribution in [0.5, 0.6) is 5.75 Å². The Morgan fingerprint density at radius 3 is 2.35 bits per heavy atom. The molecule has 4 heteroatoms. The Morgan fingerprint density at radius 2 is 1.77 bits per heavy atom. The van der Waals surface area contributed by atoms with E-state index in [0.717, 1.165) is 16.9 Å². The summed E-state index contributed by atoms with van der Waals surface area (Å²) in [5.74, 6) is 0.783. The largest absolute Gasteiger partial charge is 0.489 e. The third-order valence-electron chi connectivity index (χ3n) is 4.73. The fraction of sp³-hybridized carbons (Fsp3) is 0.409. The highest BCUT2D eigenvalue weighted by molar-refractivity contribution is 5.84. The second kappa shape index (κ2) is 7.92. The summed E-state index contributed by atoms with van der Waals surface area (Å²) in [5.41, 5.74) is 7.18. The molecule has 0 radical (unpaired) electrons. The van der Waals surface area contributed by atoms with Crippen molar-refractivity contribution in [2.75, 3.05) is 0 Å². The molecule has 26 heavy (non-hydrogen) atoms. The molecule has 0 fully saturated rings. The van der Waals surface area contributed by atoms with Crippen LogP contribution in [-0.2, 0) is 17.0 Å². The summed E-state index contributed by atoms with van der Waals surface area (Å²) in [5, 5.41) is 10.5. The van der Waals surface area contributed by atoms with Gasteiger partial charge in [-0.2, -0.15) is 0 Å². The minimum Gasteiger partial charge on any atom is -0.489 e. The van der Waals surface area contributed by atoms with Crippen molar-refractivity contribution in [3.8, 4) is 5.75 Å². The van der Waals surface area contributed by atoms with Crippen LogP contribution < -0.4 is 10.5 Å². The molecular weight excluding hydrogens is 326 g/mol. The molecule has 140 valence electrons. The van der Waals surface area contributed by atoms with E-state index in [0.29, 0.717) is 17.4 Å². The van der Waals surface area contributed by atoms with Gasteiger partial charge in [-0.1, -0.05) is 64.1 Å². The maximum Gasteiger partial charge on any atom is 0.253 e. The second-order valence-corrected chi connectivity index (χ2v) is 7.49. The molecule has 2 aromatic rings. The van der Waals surface area contributed by atoms with Crippen LogP contribution >= 0.6 is 0 Å². The van der Waals surface area contributed by atoms with Gasteiger partial charge in [-0.3, -0.25) is 4.79 Å². The summed E-state index contributed by atoms with van der Waals surface area (Å²) in [6.45, 7) is 10.2. The average molecular weight is 355 g/mol. The maximum absolute atomic E-state index is 11.6. The maximum atomic E-state index is 11.6. The monoisotopic (exact) mass is 355 g/mol. The SMILES string of the molecule is CC(C)c1ccc(C(C)C)c(OCc2ccccc2C(C)(O)C(N)=O)c1. The van der Waals surface area contributed by atoms with E-state index in [-0.39, 0.29) is 6.61 Å². The van der Waals surface area contributed by atoms with Gasteiger partial charge in [-0.05, 0) is 47.1 Å². The van der Waals surface area contributed by atoms with Gasteiger partial charge in [0.15, 0.2) is 5.60 Å². The summed E-state index contributed by atoms with van der Waals surface area (Å²) >= 11 is 0. The molecule has 0 saturated heterocycles. The number of aliphatic hydroxyl groups is 1. The van der Waals surface area contributed by atoms with Crippen molar-refractivity contribution in [3.05, 3.63) is 64.7 Å². The van der Waals surface area contributed by atoms with Crippen LogP contribution in [0.25, 0.3) is 0 Å². The van der Waals surface area contributed by atoms with Crippen molar-refractivity contribution in [3.63, 3.8) is 0 Å². The van der Waals surface area contributed by atoms with E-state index in [4.69, 9.17) is 10.5 Å². The predicted octanol–water partition coefficient (Wildman–Crippen LogP) is 4.21. The third kappa shape index (κ3) is 4.25. The van der Waals surface area contributed by atoms with Gasteiger partial charge < -0.3 is 15.6 Å². The zero-order chi connectivity index (χ0) is 19.5. The Bertz CT molecular complexity index is 779. The summed E-state index contributed by atoms with van der Waals surface area (Å²) < 4.78 is 6.13. The molecule has 4 nitrogen and oxygen atoms in total. The minimum absolute atomic E-state index is 0.251. The molecule has 0 aliphatic rings. The molecule has 0 bridgehead atoms. The number of hydrogen-bond acceptors (Lipinski definition) is 3. The van der Waals surface area contributed by atoms with E-state index in [2.05, 4.69) is 45.9 Å². The predicted molar refractivity (Wildman–Crippen MR) is 104 cm³/mol. The van der Waals surface area contributed by atoms with Gasteiger partial charge in [-0.25, -0.2) is 0 Å². The Kier molecular flexibility index (Phi) is 6.09. The number of amides is 1. The number of benzene rings is 2. The van der Waals surface area contributed by atoms with E-state index < -0.39 is 11.5 Å². The molecular formula is C22H29NO3. The molecule has 2 rings (SSSR count). The number of carbonyl (C=O) groups excluding carboxylic acids is 1. The van der Waals surface area contributed by atoms with Gasteiger partial charge in [0.1, 0.15) is 12.4 Å². The lowest BCUT2D eigenvalue weighted by molar-refractivity contribution is -0.135. The molecule has 1 unspecified atom stereocenters. The lowest BCUT2D eigenvalue weighted by Gasteiger charge is -2.23. The molecule has 0 saturated carbocycles. The first-order valence-electron chi connectivity index (χ1n) is 9.01. The van der Waals surface area contributed by atoms with Crippen LogP contribution in [0.2, 0.25) is 0 Å². The highest BCUT2D eigenvalue weighted by Gasteiger charge is 2.32. The first-order valence-corrected chi connectivity index (χ1v) is 9.01. The average Bonchev–Trinajstić information content (AvgIpc) is 2.59. The Hall–Kier alpha value is -2.33. The van der Waals surface area contributed by atoms with Gasteiger partial charge in [0, 0.05) is 0 Å². The quantitative estimate of drug-likeness (QED) is 0.781. The number of nitrogens with two attached hydrogens (primary N) is 1. The standard InChI is InChI=1S/C22H29NO3/c1-14(2)16-10-11-18(15(3)4)20(12-16)26-13-17-8-6-7-9-19(17)22(5,25)21(23)24/h6-12,14-15,25H,13H2,1-5H3,(H2,23,24). The molecule has 0 spiro atoms. The van der Waals surface area contributed by atoms with Crippen molar-refractivity contribution in [2.24, 2.45) is 5.73 Å². The minimum atomic E-state index is -1.74. The van der Waals surface area contributed by atoms with Crippen molar-refractivity contribution >= 4 is 5.91 Å². The zero-order valence-corrected chi connectivity index (χ0v) is 16.2. The van der Waals surface area contributed by atoms with Gasteiger partial charge in [0.25, 0.3) is 5.91 Å². The molecule has 1 atom stereocenters. The lowest BCUT2D eigenvalue weighted by Crippen LogP contribution is -2.39. The number of primary amides is 1. The van der Waals surface area contributed by atoms with Crippen LogP contribution in [0.3, 0.4) is 0 Å². The van der Waals surface area contributed by atoms with Crippen LogP contribution in [-0.4, -0.2) is 11.0 Å². The smallest absolute Gasteiger partial charge is 0.253 e. The van der Waals surface area contributed by atoms with Crippen LogP contribution in [0.15, 0.2) is 42.5 Å². The normalized spacial score (nSPS) is 13.7. The van der Waals surface area contributed by atoms with Crippen molar-refractivity contribution < 1.29 is 14.6 Å². The first kappa shape index (κ1) is 20.0. The second-order valence-electron chi connectivity index (χ2n) is 7.49. The van der Waals surface area contributed by atoms with E-state index in [1.165, 1.54) is 12.5 Å². The molecule has 0 aliphatic heterocycles. The van der Waals surface area contributed by atoms with Crippen molar-refractivity contribution in [1.82, 2.24) is 0 Å². The molecule has 1 amide bonds. The number of ether oxygens (including phenoxy) is 1. The van der Waals surface area contributed by atoms with Gasteiger partial charge in [0.05, 0.1) is 0 Å². The molecule has 0 aliphatic carbocycles. The van der Waals surface area contributed by atoms with Gasteiger partial charge >= 0.3 is 0 Å². The number of hydrogen-bond donors (Lipinski definition) is 2. The van der Waals surface area contributed by atoms with E-state index in [1.807, 2.05) is 12.1 Å². The third-order valence-corrected chi connectivity index (χ3v) is 4.73. The van der Waals surface area contributed by atoms with Crippen LogP contribution in [0, 0.1) is 0 Å². The Morgan fingerprint density at radius 1 is 1.12 bits per heavy atom. The highest BCUT2D eigenvalue weighted by atomic mass is 16.5. The lowest BCUT2D eigenvalue weighted by atomic mass is 9.91. The summed E-state index contributed by atoms with van der Waals surface area (Å²) in [4.78, 5) is 11.6. The topological polar surface area (TPSA) is 72.6 Å². The van der Waals surface area contributed by atoms with Crippen LogP contribution in [0.4, 0.5) is 0 Å². The van der Waals surface area contributed by atoms with Gasteiger partial charge in [0.2, 0.25) is 0 Å². The fourth-order valence-corrected chi connectivity index (χ4v) is 2.92. The first-order chi connectivity index (χ1) is 12.1. The Labute approximate surface area is 156 Å². The highest BCUT2D eigenvalue weighted by Crippen LogP contribution is 2.32. The van der Waals surface area contributed by atoms with Crippen molar-refractivity contribution in [1.29, 1.82) is 0 Å². The number of rotatable bonds is 7. The van der Waals surface area contributed by atoms with E-state index in [1.54, 1.807) is 12.1 Å². The molecule has 0 aromatic heterocycles. The molecule has 2 aromatic carbocycles. The Balaban J connectivity index is 2.35. The summed E-state index contributed by atoms with van der Waals surface area (Å²) in [6.07, 6.45) is 0. The summed E-state index contributed by atoms with van der Waals surface area (Å²) in [7, 11) is 0. The van der Waals surface area contributed by atoms with E-state index in [9.17, 15) is 9.90 Å².